The minimum atomic E-state index is -1.73. The van der Waals surface area contributed by atoms with Gasteiger partial charge in [0.2, 0.25) is 3.79 Å². The third-order valence-corrected chi connectivity index (χ3v) is 2.16. The molecule has 88 valence electrons. The second kappa shape index (κ2) is 5.41. The summed E-state index contributed by atoms with van der Waals surface area (Å²) in [5.41, 5.74) is -0.304. The topological polar surface area (TPSA) is 26.3 Å². The predicted octanol–water partition coefficient (Wildman–Crippen LogP) is 4.01. The van der Waals surface area contributed by atoms with E-state index in [1.807, 2.05) is 0 Å². The standard InChI is InChI=1S/C9H5Cl4FO2/c10-6-3-1-2-5(7(6)14)8(15)16-4-9(11,12)13/h1-3H,4H2. The number of carbonyl (C=O) groups is 1. The van der Waals surface area contributed by atoms with Crippen LogP contribution in [0, 0.1) is 5.82 Å². The van der Waals surface area contributed by atoms with Crippen LogP contribution in [0.2, 0.25) is 5.02 Å². The van der Waals surface area contributed by atoms with Crippen LogP contribution in [0.25, 0.3) is 0 Å². The first-order valence-electron chi connectivity index (χ1n) is 3.99. The van der Waals surface area contributed by atoms with Gasteiger partial charge in [0.1, 0.15) is 6.61 Å². The number of hydrogen-bond acceptors (Lipinski definition) is 2. The van der Waals surface area contributed by atoms with Crippen molar-refractivity contribution in [2.24, 2.45) is 0 Å². The molecule has 0 bridgehead atoms. The first-order chi connectivity index (χ1) is 7.31. The van der Waals surface area contributed by atoms with Crippen LogP contribution in [0.1, 0.15) is 10.4 Å². The third kappa shape index (κ3) is 3.98. The van der Waals surface area contributed by atoms with Gasteiger partial charge in [0.05, 0.1) is 10.6 Å². The van der Waals surface area contributed by atoms with E-state index < -0.39 is 22.2 Å². The summed E-state index contributed by atoms with van der Waals surface area (Å²) in [7, 11) is 0. The van der Waals surface area contributed by atoms with Crippen molar-refractivity contribution in [3.63, 3.8) is 0 Å². The summed E-state index contributed by atoms with van der Waals surface area (Å²) in [5.74, 6) is -1.80. The fraction of sp³-hybridized carbons (Fsp3) is 0.222. The smallest absolute Gasteiger partial charge is 0.341 e. The van der Waals surface area contributed by atoms with E-state index in [0.29, 0.717) is 0 Å². The lowest BCUT2D eigenvalue weighted by molar-refractivity contribution is 0.0507. The summed E-state index contributed by atoms with van der Waals surface area (Å²) in [4.78, 5) is 11.4. The Morgan fingerprint density at radius 1 is 1.38 bits per heavy atom. The van der Waals surface area contributed by atoms with Crippen molar-refractivity contribution >= 4 is 52.4 Å². The number of ether oxygens (including phenoxy) is 1. The molecule has 1 rings (SSSR count). The zero-order chi connectivity index (χ0) is 12.3. The molecule has 0 spiro atoms. The van der Waals surface area contributed by atoms with Gasteiger partial charge in [0.15, 0.2) is 5.82 Å². The van der Waals surface area contributed by atoms with E-state index in [1.165, 1.54) is 18.2 Å². The van der Waals surface area contributed by atoms with Gasteiger partial charge < -0.3 is 4.74 Å². The molecule has 2 nitrogen and oxygen atoms in total. The Hall–Kier alpha value is -0.220. The van der Waals surface area contributed by atoms with Crippen molar-refractivity contribution in [2.45, 2.75) is 3.79 Å². The van der Waals surface area contributed by atoms with Crippen molar-refractivity contribution in [3.05, 3.63) is 34.6 Å². The molecule has 0 aromatic heterocycles. The van der Waals surface area contributed by atoms with Gasteiger partial charge in [-0.25, -0.2) is 9.18 Å². The maximum atomic E-state index is 13.3. The van der Waals surface area contributed by atoms with Crippen molar-refractivity contribution < 1.29 is 13.9 Å². The maximum absolute atomic E-state index is 13.3. The second-order valence-corrected chi connectivity index (χ2v) is 5.72. The van der Waals surface area contributed by atoms with Crippen LogP contribution < -0.4 is 0 Å². The average Bonchev–Trinajstić information content (AvgIpc) is 2.17. The van der Waals surface area contributed by atoms with Gasteiger partial charge in [-0.05, 0) is 12.1 Å². The Morgan fingerprint density at radius 3 is 2.56 bits per heavy atom. The lowest BCUT2D eigenvalue weighted by Crippen LogP contribution is -2.18. The highest BCUT2D eigenvalue weighted by Gasteiger charge is 2.24. The molecule has 0 amide bonds. The number of halogens is 5. The number of alkyl halides is 3. The van der Waals surface area contributed by atoms with Crippen LogP contribution in [0.3, 0.4) is 0 Å². The Kier molecular flexibility index (Phi) is 4.68. The molecule has 0 aliphatic heterocycles. The summed E-state index contributed by atoms with van der Waals surface area (Å²) in [5, 5.41) is -0.177. The lowest BCUT2D eigenvalue weighted by atomic mass is 10.2. The van der Waals surface area contributed by atoms with E-state index in [0.717, 1.165) is 0 Å². The summed E-state index contributed by atoms with van der Waals surface area (Å²) in [6.45, 7) is -0.470. The van der Waals surface area contributed by atoms with Crippen molar-refractivity contribution in [1.82, 2.24) is 0 Å². The fourth-order valence-electron chi connectivity index (χ4n) is 0.887. The molecule has 0 N–H and O–H groups in total. The number of rotatable bonds is 2. The first-order valence-corrected chi connectivity index (χ1v) is 5.50. The molecule has 0 saturated carbocycles. The maximum Gasteiger partial charge on any atom is 0.341 e. The highest BCUT2D eigenvalue weighted by molar-refractivity contribution is 6.67. The van der Waals surface area contributed by atoms with Gasteiger partial charge in [0.25, 0.3) is 0 Å². The molecule has 16 heavy (non-hydrogen) atoms. The Labute approximate surface area is 111 Å². The lowest BCUT2D eigenvalue weighted by Gasteiger charge is -2.11. The van der Waals surface area contributed by atoms with E-state index in [9.17, 15) is 9.18 Å². The van der Waals surface area contributed by atoms with Crippen LogP contribution in [0.5, 0.6) is 0 Å². The molecule has 0 aliphatic rings. The Balaban J connectivity index is 2.78. The van der Waals surface area contributed by atoms with E-state index in [4.69, 9.17) is 46.4 Å². The van der Waals surface area contributed by atoms with Gasteiger partial charge in [-0.15, -0.1) is 0 Å². The molecule has 0 fully saturated rings. The van der Waals surface area contributed by atoms with Gasteiger partial charge >= 0.3 is 5.97 Å². The number of carbonyl (C=O) groups excluding carboxylic acids is 1. The summed E-state index contributed by atoms with van der Waals surface area (Å²) >= 11 is 21.6. The normalized spacial score (nSPS) is 11.3. The van der Waals surface area contributed by atoms with Gasteiger partial charge in [-0.3, -0.25) is 0 Å². The zero-order valence-electron chi connectivity index (χ0n) is 7.65. The quantitative estimate of drug-likeness (QED) is 0.609. The van der Waals surface area contributed by atoms with E-state index in [-0.39, 0.29) is 10.6 Å². The Morgan fingerprint density at radius 2 is 2.00 bits per heavy atom. The van der Waals surface area contributed by atoms with Crippen LogP contribution in [-0.2, 0) is 4.74 Å². The van der Waals surface area contributed by atoms with Crippen LogP contribution in [0.4, 0.5) is 4.39 Å². The van der Waals surface area contributed by atoms with Crippen molar-refractivity contribution in [3.8, 4) is 0 Å². The molecule has 0 saturated heterocycles. The molecular formula is C9H5Cl4FO2. The molecule has 0 heterocycles. The van der Waals surface area contributed by atoms with Crippen LogP contribution in [0.15, 0.2) is 18.2 Å². The average molecular weight is 306 g/mol. The SMILES string of the molecule is O=C(OCC(Cl)(Cl)Cl)c1cccc(Cl)c1F. The molecule has 7 heteroatoms. The molecular weight excluding hydrogens is 301 g/mol. The molecule has 1 aromatic carbocycles. The highest BCUT2D eigenvalue weighted by Crippen LogP contribution is 2.27. The Bertz CT molecular complexity index is 403. The number of esters is 1. The van der Waals surface area contributed by atoms with E-state index >= 15 is 0 Å². The molecule has 0 radical (unpaired) electrons. The zero-order valence-corrected chi connectivity index (χ0v) is 10.7. The first kappa shape index (κ1) is 13.8. The van der Waals surface area contributed by atoms with Crippen molar-refractivity contribution in [2.75, 3.05) is 6.61 Å². The number of benzene rings is 1. The van der Waals surface area contributed by atoms with Gasteiger partial charge in [-0.2, -0.15) is 0 Å². The molecule has 1 aromatic rings. The fourth-order valence-corrected chi connectivity index (χ4v) is 1.22. The van der Waals surface area contributed by atoms with Crippen LogP contribution in [-0.4, -0.2) is 16.4 Å². The third-order valence-electron chi connectivity index (χ3n) is 1.54. The molecule has 0 unspecified atom stereocenters. The molecule has 0 atom stereocenters. The summed E-state index contributed by atoms with van der Waals surface area (Å²) in [6, 6.07) is 3.95. The van der Waals surface area contributed by atoms with Crippen LogP contribution >= 0.6 is 46.4 Å². The largest absolute Gasteiger partial charge is 0.457 e. The molecule has 0 aliphatic carbocycles. The second-order valence-electron chi connectivity index (χ2n) is 2.79. The summed E-state index contributed by atoms with van der Waals surface area (Å²) < 4.78 is 16.2. The minimum absolute atomic E-state index is 0.177. The number of hydrogen-bond donors (Lipinski definition) is 0. The monoisotopic (exact) mass is 304 g/mol. The van der Waals surface area contributed by atoms with E-state index in [2.05, 4.69) is 4.74 Å². The summed E-state index contributed by atoms with van der Waals surface area (Å²) in [6.07, 6.45) is 0. The highest BCUT2D eigenvalue weighted by atomic mass is 35.6. The predicted molar refractivity (Wildman–Crippen MR) is 62.0 cm³/mol. The van der Waals surface area contributed by atoms with Gasteiger partial charge in [0, 0.05) is 0 Å². The van der Waals surface area contributed by atoms with Crippen molar-refractivity contribution in [1.29, 1.82) is 0 Å². The minimum Gasteiger partial charge on any atom is -0.457 e. The van der Waals surface area contributed by atoms with E-state index in [1.54, 1.807) is 0 Å². The van der Waals surface area contributed by atoms with Gasteiger partial charge in [-0.1, -0.05) is 52.5 Å².